The summed E-state index contributed by atoms with van der Waals surface area (Å²) >= 11 is 0. The van der Waals surface area contributed by atoms with Crippen LogP contribution >= 0.6 is 0 Å². The van der Waals surface area contributed by atoms with Crippen molar-refractivity contribution in [3.63, 3.8) is 0 Å². The molecule has 0 radical (unpaired) electrons. The summed E-state index contributed by atoms with van der Waals surface area (Å²) in [5.41, 5.74) is 8.71. The van der Waals surface area contributed by atoms with Crippen molar-refractivity contribution in [1.82, 2.24) is 5.32 Å². The third-order valence-corrected chi connectivity index (χ3v) is 5.49. The number of carbonyl (C=O) groups excluding carboxylic acids is 1. The predicted octanol–water partition coefficient (Wildman–Crippen LogP) is 3.13. The largest absolute Gasteiger partial charge is 0.352 e. The van der Waals surface area contributed by atoms with Gasteiger partial charge < -0.3 is 11.1 Å². The van der Waals surface area contributed by atoms with Gasteiger partial charge in [0.05, 0.1) is 0 Å². The molecule has 0 spiro atoms. The Bertz CT molecular complexity index is 508. The van der Waals surface area contributed by atoms with Crippen LogP contribution in [0.15, 0.2) is 24.3 Å². The fraction of sp³-hybridized carbons (Fsp3) is 0.632. The Balaban J connectivity index is 1.60. The Kier molecular flexibility index (Phi) is 5.14. The minimum absolute atomic E-state index is 0.175. The molecular weight excluding hydrogens is 272 g/mol. The van der Waals surface area contributed by atoms with Crippen molar-refractivity contribution in [2.24, 2.45) is 11.7 Å². The zero-order valence-electron chi connectivity index (χ0n) is 13.4. The van der Waals surface area contributed by atoms with E-state index in [1.54, 1.807) is 0 Å². The van der Waals surface area contributed by atoms with Crippen LogP contribution in [0.4, 0.5) is 0 Å². The number of hydrogen-bond donors (Lipinski definition) is 2. The van der Waals surface area contributed by atoms with Crippen LogP contribution in [-0.2, 0) is 11.2 Å². The normalized spacial score (nSPS) is 23.0. The van der Waals surface area contributed by atoms with E-state index in [0.717, 1.165) is 12.8 Å². The van der Waals surface area contributed by atoms with Gasteiger partial charge >= 0.3 is 0 Å². The van der Waals surface area contributed by atoms with Gasteiger partial charge in [-0.3, -0.25) is 4.79 Å². The molecule has 3 heteroatoms. The summed E-state index contributed by atoms with van der Waals surface area (Å²) in [5.74, 6) is 1.16. The van der Waals surface area contributed by atoms with Crippen LogP contribution in [0, 0.1) is 5.92 Å². The highest BCUT2D eigenvalue weighted by atomic mass is 16.1. The van der Waals surface area contributed by atoms with Crippen LogP contribution in [0.5, 0.6) is 0 Å². The Labute approximate surface area is 133 Å². The molecule has 2 aliphatic rings. The number of nitrogens with two attached hydrogens (primary N) is 1. The van der Waals surface area contributed by atoms with Crippen LogP contribution in [0.3, 0.4) is 0 Å². The molecule has 120 valence electrons. The molecule has 2 aliphatic carbocycles. The summed E-state index contributed by atoms with van der Waals surface area (Å²) in [4.78, 5) is 12.5. The van der Waals surface area contributed by atoms with Crippen LogP contribution in [-0.4, -0.2) is 18.5 Å². The second-order valence-corrected chi connectivity index (χ2v) is 6.95. The van der Waals surface area contributed by atoms with E-state index >= 15 is 0 Å². The zero-order valence-corrected chi connectivity index (χ0v) is 13.4. The molecule has 3 nitrogen and oxygen atoms in total. The number of amides is 1. The molecule has 1 amide bonds. The molecule has 0 heterocycles. The number of nitrogens with one attached hydrogen (secondary N) is 1. The van der Waals surface area contributed by atoms with Crippen LogP contribution < -0.4 is 11.1 Å². The van der Waals surface area contributed by atoms with E-state index in [9.17, 15) is 4.79 Å². The molecule has 1 aromatic carbocycles. The van der Waals surface area contributed by atoms with E-state index in [-0.39, 0.29) is 11.9 Å². The third kappa shape index (κ3) is 3.52. The molecule has 3 rings (SSSR count). The number of benzene rings is 1. The molecule has 1 saturated carbocycles. The molecule has 2 unspecified atom stereocenters. The predicted molar refractivity (Wildman–Crippen MR) is 89.7 cm³/mol. The van der Waals surface area contributed by atoms with Crippen molar-refractivity contribution in [2.75, 3.05) is 6.54 Å². The maximum Gasteiger partial charge on any atom is 0.220 e. The second kappa shape index (κ2) is 7.28. The van der Waals surface area contributed by atoms with Gasteiger partial charge in [-0.15, -0.1) is 0 Å². The maximum absolute atomic E-state index is 12.5. The average Bonchev–Trinajstić information content (AvgIpc) is 3.07. The molecule has 22 heavy (non-hydrogen) atoms. The Morgan fingerprint density at radius 3 is 2.73 bits per heavy atom. The van der Waals surface area contributed by atoms with E-state index in [1.807, 2.05) is 0 Å². The van der Waals surface area contributed by atoms with Crippen molar-refractivity contribution in [1.29, 1.82) is 0 Å². The summed E-state index contributed by atoms with van der Waals surface area (Å²) in [6.45, 7) is 0.567. The highest BCUT2D eigenvalue weighted by molar-refractivity contribution is 5.77. The number of aryl methyl sites for hydroxylation is 1. The van der Waals surface area contributed by atoms with Gasteiger partial charge in [0.2, 0.25) is 5.91 Å². The average molecular weight is 300 g/mol. The summed E-state index contributed by atoms with van der Waals surface area (Å²) in [6, 6.07) is 8.78. The number of hydrogen-bond acceptors (Lipinski definition) is 2. The van der Waals surface area contributed by atoms with E-state index in [1.165, 1.54) is 43.2 Å². The van der Waals surface area contributed by atoms with Crippen molar-refractivity contribution >= 4 is 5.91 Å². The van der Waals surface area contributed by atoms with Crippen molar-refractivity contribution in [3.05, 3.63) is 35.4 Å². The highest BCUT2D eigenvalue weighted by Gasteiger charge is 2.27. The third-order valence-electron chi connectivity index (χ3n) is 5.49. The zero-order chi connectivity index (χ0) is 15.4. The minimum Gasteiger partial charge on any atom is -0.352 e. The highest BCUT2D eigenvalue weighted by Crippen LogP contribution is 2.34. The molecule has 1 aromatic rings. The van der Waals surface area contributed by atoms with Gasteiger partial charge in [-0.1, -0.05) is 37.1 Å². The summed E-state index contributed by atoms with van der Waals surface area (Å²) in [6.07, 6.45) is 9.09. The topological polar surface area (TPSA) is 55.1 Å². The quantitative estimate of drug-likeness (QED) is 0.878. The first kappa shape index (κ1) is 15.5. The van der Waals surface area contributed by atoms with E-state index in [0.29, 0.717) is 24.8 Å². The summed E-state index contributed by atoms with van der Waals surface area (Å²) in [5, 5.41) is 3.22. The van der Waals surface area contributed by atoms with Gasteiger partial charge in [0.25, 0.3) is 0 Å². The maximum atomic E-state index is 12.5. The van der Waals surface area contributed by atoms with Crippen molar-refractivity contribution in [3.8, 4) is 0 Å². The molecule has 2 atom stereocenters. The molecule has 0 saturated heterocycles. The monoisotopic (exact) mass is 300 g/mol. The van der Waals surface area contributed by atoms with Gasteiger partial charge in [0.15, 0.2) is 0 Å². The van der Waals surface area contributed by atoms with Gasteiger partial charge in [0.1, 0.15) is 0 Å². The summed E-state index contributed by atoms with van der Waals surface area (Å²) in [7, 11) is 0. The molecule has 0 bridgehead atoms. The first-order valence-corrected chi connectivity index (χ1v) is 8.85. The number of carbonyl (C=O) groups is 1. The SMILES string of the molecule is NCC(NC(=O)CC1CCCc2ccccc21)C1CCCC1. The summed E-state index contributed by atoms with van der Waals surface area (Å²) < 4.78 is 0. The van der Waals surface area contributed by atoms with Gasteiger partial charge in [0, 0.05) is 19.0 Å². The van der Waals surface area contributed by atoms with Crippen LogP contribution in [0.2, 0.25) is 0 Å². The lowest BCUT2D eigenvalue weighted by atomic mass is 9.81. The Morgan fingerprint density at radius 1 is 1.18 bits per heavy atom. The van der Waals surface area contributed by atoms with Crippen molar-refractivity contribution in [2.45, 2.75) is 63.3 Å². The lowest BCUT2D eigenvalue weighted by Gasteiger charge is -2.27. The first-order chi connectivity index (χ1) is 10.8. The smallest absolute Gasteiger partial charge is 0.220 e. The molecular formula is C19H28N2O. The number of rotatable bonds is 5. The fourth-order valence-corrected chi connectivity index (χ4v) is 4.29. The van der Waals surface area contributed by atoms with Gasteiger partial charge in [-0.2, -0.15) is 0 Å². The van der Waals surface area contributed by atoms with E-state index < -0.39 is 0 Å². The Morgan fingerprint density at radius 2 is 1.95 bits per heavy atom. The molecule has 0 aromatic heterocycles. The minimum atomic E-state index is 0.175. The fourth-order valence-electron chi connectivity index (χ4n) is 4.29. The lowest BCUT2D eigenvalue weighted by molar-refractivity contribution is -0.122. The first-order valence-electron chi connectivity index (χ1n) is 8.85. The molecule has 3 N–H and O–H groups in total. The van der Waals surface area contributed by atoms with Crippen LogP contribution in [0.25, 0.3) is 0 Å². The Hall–Kier alpha value is -1.35. The van der Waals surface area contributed by atoms with Gasteiger partial charge in [-0.25, -0.2) is 0 Å². The van der Waals surface area contributed by atoms with E-state index in [4.69, 9.17) is 5.73 Å². The van der Waals surface area contributed by atoms with Crippen LogP contribution in [0.1, 0.15) is 62.0 Å². The standard InChI is InChI=1S/C19H28N2O/c20-13-18(15-7-1-2-8-15)21-19(22)12-16-10-5-9-14-6-3-4-11-17(14)16/h3-4,6,11,15-16,18H,1-2,5,7-10,12-13,20H2,(H,21,22). The van der Waals surface area contributed by atoms with E-state index in [2.05, 4.69) is 29.6 Å². The second-order valence-electron chi connectivity index (χ2n) is 6.95. The lowest BCUT2D eigenvalue weighted by Crippen LogP contribution is -2.45. The van der Waals surface area contributed by atoms with Gasteiger partial charge in [-0.05, 0) is 55.1 Å². The number of fused-ring (bicyclic) bond motifs is 1. The molecule has 0 aliphatic heterocycles. The molecule has 1 fully saturated rings. The van der Waals surface area contributed by atoms with Crippen molar-refractivity contribution < 1.29 is 4.79 Å².